The number of phosphoric acid groups is 2. The maximum absolute atomic E-state index is 14.0. The molecule has 1 amide bonds. The second-order valence-corrected chi connectivity index (χ2v) is 17.3. The maximum atomic E-state index is 14.0. The molecule has 10 atom stereocenters. The smallest absolute Gasteiger partial charge is 0.455 e. The van der Waals surface area contributed by atoms with Crippen LogP contribution in [0.4, 0.5) is 11.6 Å². The quantitative estimate of drug-likeness (QED) is 0.0290. The van der Waals surface area contributed by atoms with E-state index in [1.807, 2.05) is 13.8 Å². The topological polar surface area (TPSA) is 368 Å². The molecule has 344 valence electrons. The number of nitrogen functional groups attached to an aromatic ring is 2. The third kappa shape index (κ3) is 12.3. The molecule has 3 aromatic heterocycles. The summed E-state index contributed by atoms with van der Waals surface area (Å²) in [6.07, 6.45) is -7.75. The van der Waals surface area contributed by atoms with Gasteiger partial charge in [-0.2, -0.15) is 4.98 Å². The van der Waals surface area contributed by atoms with Gasteiger partial charge in [-0.25, -0.2) is 33.7 Å². The number of nitrogens with two attached hydrogens (primary N) is 2. The number of carbonyl (C=O) groups is 2. The molecule has 0 spiro atoms. The van der Waals surface area contributed by atoms with Crippen LogP contribution in [-0.2, 0) is 51.2 Å². The Kier molecular flexibility index (Phi) is 16.5. The predicted molar refractivity (Wildman–Crippen MR) is 212 cm³/mol. The van der Waals surface area contributed by atoms with Crippen molar-refractivity contribution in [2.75, 3.05) is 44.9 Å². The summed E-state index contributed by atoms with van der Waals surface area (Å²) < 4.78 is 65.4. The maximum Gasteiger partial charge on any atom is 0.472 e. The van der Waals surface area contributed by atoms with Crippen molar-refractivity contribution in [2.24, 2.45) is 5.92 Å². The molecule has 2 aliphatic heterocycles. The minimum atomic E-state index is -5.41. The number of aromatic nitrogens is 6. The van der Waals surface area contributed by atoms with Crippen LogP contribution in [-0.4, -0.2) is 147 Å². The first-order chi connectivity index (χ1) is 29.2. The summed E-state index contributed by atoms with van der Waals surface area (Å²) in [5.41, 5.74) is 10.7. The molecule has 0 bridgehead atoms. The van der Waals surface area contributed by atoms with Gasteiger partial charge in [0.1, 0.15) is 54.2 Å². The van der Waals surface area contributed by atoms with Gasteiger partial charge in [0.25, 0.3) is 0 Å². The number of imidazole rings is 1. The number of aliphatic hydroxyl groups is 2. The van der Waals surface area contributed by atoms with Crippen molar-refractivity contribution >= 4 is 50.3 Å². The van der Waals surface area contributed by atoms with Crippen LogP contribution in [0.1, 0.15) is 52.0 Å². The number of likely N-dealkylation sites (N-methyl/N-ethyl adjacent to an activating group) is 1. The SMILES string of the molecule is C=CCCC(=O)N(C)[C@@H](CCOCCC(C)C)C(=O)O[C@H]1[C@@H](O)[C@H](n2cnc3c(N)ncnc32)O[C@@H]1COP(=O)(O)O[C@H]1[C@@H](O)[C@H](n2ccc(N)nc2=O)O[C@@H]1COP(=O)(O)O. The largest absolute Gasteiger partial charge is 0.472 e. The highest BCUT2D eigenvalue weighted by atomic mass is 31.2. The van der Waals surface area contributed by atoms with Crippen LogP contribution in [0.25, 0.3) is 11.2 Å². The number of anilines is 2. The van der Waals surface area contributed by atoms with Gasteiger partial charge in [0.2, 0.25) is 5.91 Å². The highest BCUT2D eigenvalue weighted by Crippen LogP contribution is 2.50. The van der Waals surface area contributed by atoms with Crippen molar-refractivity contribution in [2.45, 2.75) is 94.7 Å². The Morgan fingerprint density at radius 2 is 1.63 bits per heavy atom. The van der Waals surface area contributed by atoms with Gasteiger partial charge in [0.15, 0.2) is 30.0 Å². The van der Waals surface area contributed by atoms with Crippen LogP contribution in [0, 0.1) is 5.92 Å². The van der Waals surface area contributed by atoms with Gasteiger partial charge in [0.05, 0.1) is 19.5 Å². The van der Waals surface area contributed by atoms with Crippen molar-refractivity contribution in [1.29, 1.82) is 0 Å². The second kappa shape index (κ2) is 20.9. The van der Waals surface area contributed by atoms with E-state index < -0.39 is 102 Å². The fourth-order valence-corrected chi connectivity index (χ4v) is 7.82. The first-order valence-corrected chi connectivity index (χ1v) is 22.2. The number of fused-ring (bicyclic) bond motifs is 1. The summed E-state index contributed by atoms with van der Waals surface area (Å²) in [6.45, 7) is 6.13. The molecule has 9 N–H and O–H groups in total. The number of carbonyl (C=O) groups excluding carboxylic acids is 2. The van der Waals surface area contributed by atoms with E-state index in [1.54, 1.807) is 6.08 Å². The lowest BCUT2D eigenvalue weighted by Gasteiger charge is -2.29. The van der Waals surface area contributed by atoms with Crippen LogP contribution < -0.4 is 17.2 Å². The highest BCUT2D eigenvalue weighted by molar-refractivity contribution is 7.47. The molecule has 28 heteroatoms. The van der Waals surface area contributed by atoms with E-state index in [-0.39, 0.29) is 42.2 Å². The standard InChI is InChI=1S/C34H51N9O17P2/c1-5-6-7-23(44)41(4)19(10-13-54-12-9-18(2)3)33(47)59-27-20(57-32(25(27)45)43-17-39-24-29(36)37-16-38-30(24)43)15-56-62(52,53)60-28-21(14-55-61(49,50)51)58-31(26(28)46)42-11-8-22(35)40-34(42)48/h5,8,11,16-21,25-28,31-32,45-46H,1,6-7,9-10,12-15H2,2-4H3,(H,52,53)(H2,35,40,48)(H2,36,37,38)(H2,49,50,51)/t19-,20+,21+,25+,26+,27+,28+,31+,32+/m0/s1. The molecule has 0 aliphatic carbocycles. The lowest BCUT2D eigenvalue weighted by molar-refractivity contribution is -0.166. The molecule has 0 saturated carbocycles. The molecule has 2 aliphatic rings. The van der Waals surface area contributed by atoms with Gasteiger partial charge in [-0.05, 0) is 24.8 Å². The number of nitrogens with zero attached hydrogens (tertiary/aromatic N) is 7. The van der Waals surface area contributed by atoms with Crippen LogP contribution in [0.2, 0.25) is 0 Å². The summed E-state index contributed by atoms with van der Waals surface area (Å²) in [5, 5.41) is 22.9. The van der Waals surface area contributed by atoms with Gasteiger partial charge in [-0.1, -0.05) is 19.9 Å². The summed E-state index contributed by atoms with van der Waals surface area (Å²) in [6, 6.07) is -0.0580. The van der Waals surface area contributed by atoms with Crippen LogP contribution in [0.15, 0.2) is 42.4 Å². The monoisotopic (exact) mass is 919 g/mol. The second-order valence-electron chi connectivity index (χ2n) is 14.7. The van der Waals surface area contributed by atoms with Gasteiger partial charge >= 0.3 is 27.3 Å². The lowest BCUT2D eigenvalue weighted by Crippen LogP contribution is -2.47. The number of rotatable bonds is 22. The average molecular weight is 920 g/mol. The molecule has 5 heterocycles. The minimum Gasteiger partial charge on any atom is -0.455 e. The van der Waals surface area contributed by atoms with E-state index in [9.17, 15) is 48.4 Å². The molecular weight excluding hydrogens is 868 g/mol. The van der Waals surface area contributed by atoms with Gasteiger partial charge < -0.3 is 60.2 Å². The Labute approximate surface area is 353 Å². The third-order valence-electron chi connectivity index (χ3n) is 9.79. The highest BCUT2D eigenvalue weighted by Gasteiger charge is 2.52. The number of hydrogen-bond acceptors (Lipinski definition) is 20. The van der Waals surface area contributed by atoms with E-state index in [0.717, 1.165) is 23.5 Å². The Balaban J connectivity index is 1.40. The van der Waals surface area contributed by atoms with Crippen LogP contribution >= 0.6 is 15.6 Å². The van der Waals surface area contributed by atoms with E-state index in [1.165, 1.54) is 28.9 Å². The molecule has 26 nitrogen and oxygen atoms in total. The number of phosphoric ester groups is 2. The van der Waals surface area contributed by atoms with E-state index in [0.29, 0.717) is 18.9 Å². The van der Waals surface area contributed by atoms with Crippen molar-refractivity contribution in [3.63, 3.8) is 0 Å². The normalized spacial score (nSPS) is 25.5. The zero-order chi connectivity index (χ0) is 45.5. The Hall–Kier alpha value is -4.27. The third-order valence-corrected chi connectivity index (χ3v) is 11.3. The molecule has 2 saturated heterocycles. The van der Waals surface area contributed by atoms with Gasteiger partial charge in [0, 0.05) is 39.3 Å². The number of amides is 1. The molecule has 1 unspecified atom stereocenters. The number of allylic oxidation sites excluding steroid dienone is 1. The van der Waals surface area contributed by atoms with E-state index >= 15 is 0 Å². The van der Waals surface area contributed by atoms with E-state index in [4.69, 9.17) is 39.5 Å². The minimum absolute atomic E-state index is 0.00701. The van der Waals surface area contributed by atoms with E-state index in [2.05, 4.69) is 31.0 Å². The first kappa shape index (κ1) is 48.8. The average Bonchev–Trinajstić information content (AvgIpc) is 3.86. The molecule has 0 radical (unpaired) electrons. The molecule has 3 aromatic rings. The Bertz CT molecular complexity index is 2190. The summed E-state index contributed by atoms with van der Waals surface area (Å²) >= 11 is 0. The summed E-state index contributed by atoms with van der Waals surface area (Å²) in [4.78, 5) is 86.2. The molecule has 5 rings (SSSR count). The zero-order valence-corrected chi connectivity index (χ0v) is 35.6. The number of esters is 1. The number of aliphatic hydroxyl groups excluding tert-OH is 2. The van der Waals surface area contributed by atoms with Crippen LogP contribution in [0.5, 0.6) is 0 Å². The molecule has 2 fully saturated rings. The van der Waals surface area contributed by atoms with Crippen molar-refractivity contribution in [3.8, 4) is 0 Å². The zero-order valence-electron chi connectivity index (χ0n) is 33.8. The summed E-state index contributed by atoms with van der Waals surface area (Å²) in [7, 11) is -9.18. The molecular formula is C34H51N9O17P2. The van der Waals surface area contributed by atoms with Crippen LogP contribution in [0.3, 0.4) is 0 Å². The fraction of sp³-hybridized carbons (Fsp3) is 0.618. The number of hydrogen-bond donors (Lipinski definition) is 7. The first-order valence-electron chi connectivity index (χ1n) is 19.2. The summed E-state index contributed by atoms with van der Waals surface area (Å²) in [5.74, 6) is -1.26. The lowest BCUT2D eigenvalue weighted by atomic mass is 10.1. The number of ether oxygens (including phenoxy) is 4. The molecule has 62 heavy (non-hydrogen) atoms. The van der Waals surface area contributed by atoms with Gasteiger partial charge in [-0.3, -0.25) is 27.5 Å². The van der Waals surface area contributed by atoms with Crippen molar-refractivity contribution in [1.82, 2.24) is 34.0 Å². The van der Waals surface area contributed by atoms with Crippen molar-refractivity contribution in [3.05, 3.63) is 48.1 Å². The Morgan fingerprint density at radius 1 is 0.984 bits per heavy atom. The fourth-order valence-electron chi connectivity index (χ4n) is 6.52. The van der Waals surface area contributed by atoms with Gasteiger partial charge in [-0.15, -0.1) is 6.58 Å². The Morgan fingerprint density at radius 3 is 2.29 bits per heavy atom. The molecule has 0 aromatic carbocycles. The van der Waals surface area contributed by atoms with Crippen molar-refractivity contribution < 1.29 is 76.1 Å². The predicted octanol–water partition coefficient (Wildman–Crippen LogP) is -0.466.